The maximum atomic E-state index is 12.9. The number of phosphoric ester groups is 2. The fourth-order valence-corrected chi connectivity index (χ4v) is 10.7. The summed E-state index contributed by atoms with van der Waals surface area (Å²) < 4.78 is 67.9. The van der Waals surface area contributed by atoms with E-state index in [0.717, 1.165) is 109 Å². The van der Waals surface area contributed by atoms with Gasteiger partial charge in [0.25, 0.3) is 0 Å². The second-order valence-electron chi connectivity index (χ2n) is 23.2. The lowest BCUT2D eigenvalue weighted by molar-refractivity contribution is -0.161. The number of esters is 4. The van der Waals surface area contributed by atoms with E-state index in [9.17, 15) is 43.2 Å². The van der Waals surface area contributed by atoms with Crippen molar-refractivity contribution in [1.82, 2.24) is 0 Å². The first-order chi connectivity index (χ1) is 38.9. The highest BCUT2D eigenvalue weighted by molar-refractivity contribution is 7.47. The molecule has 0 spiro atoms. The van der Waals surface area contributed by atoms with Crippen LogP contribution in [0.25, 0.3) is 0 Å². The lowest BCUT2D eigenvalue weighted by Crippen LogP contribution is -2.30. The van der Waals surface area contributed by atoms with E-state index < -0.39 is 97.5 Å². The largest absolute Gasteiger partial charge is 0.472 e. The molecule has 17 nitrogen and oxygen atoms in total. The van der Waals surface area contributed by atoms with Crippen LogP contribution < -0.4 is 0 Å². The van der Waals surface area contributed by atoms with Gasteiger partial charge in [-0.1, -0.05) is 253 Å². The van der Waals surface area contributed by atoms with Crippen LogP contribution in [0.4, 0.5) is 0 Å². The highest BCUT2D eigenvalue weighted by Gasteiger charge is 2.30. The van der Waals surface area contributed by atoms with Crippen molar-refractivity contribution in [2.24, 2.45) is 11.8 Å². The molecule has 480 valence electrons. The average Bonchev–Trinajstić information content (AvgIpc) is 3.43. The Kier molecular flexibility index (Phi) is 53.4. The third kappa shape index (κ3) is 55.7. The molecular weight excluding hydrogens is 1080 g/mol. The third-order valence-corrected chi connectivity index (χ3v) is 16.5. The number of phosphoric acid groups is 2. The Bertz CT molecular complexity index is 1600. The van der Waals surface area contributed by atoms with Gasteiger partial charge in [0.05, 0.1) is 26.4 Å². The molecule has 81 heavy (non-hydrogen) atoms. The van der Waals surface area contributed by atoms with Crippen molar-refractivity contribution in [3.8, 4) is 0 Å². The number of rotatable bonds is 61. The predicted octanol–water partition coefficient (Wildman–Crippen LogP) is 16.9. The minimum Gasteiger partial charge on any atom is -0.462 e. The first kappa shape index (κ1) is 79.1. The molecule has 0 saturated carbocycles. The van der Waals surface area contributed by atoms with E-state index in [4.69, 9.17) is 37.0 Å². The standard InChI is InChI=1S/C62H120O17P2/c1-7-10-12-14-16-18-20-21-23-25-35-41-47-62(67)79-58(51-73-60(65)45-39-33-29-27-31-37-43-55(6)9-3)53-77-81(70,71)75-49-56(63)48-74-80(68,69)76-52-57(50-72-59(64)44-38-32-28-26-30-36-42-54(4)5)78-61(66)46-40-34-24-22-19-17-15-13-11-8-2/h54-58,63H,7-53H2,1-6H3,(H,68,69)(H,70,71)/t55?,56-,57+,58+/m0/s1. The van der Waals surface area contributed by atoms with E-state index in [0.29, 0.717) is 31.6 Å². The maximum Gasteiger partial charge on any atom is 0.472 e. The summed E-state index contributed by atoms with van der Waals surface area (Å²) in [7, 11) is -9.88. The summed E-state index contributed by atoms with van der Waals surface area (Å²) in [6.07, 6.45) is 36.3. The van der Waals surface area contributed by atoms with Crippen LogP contribution in [0.5, 0.6) is 0 Å². The molecule has 0 fully saturated rings. The van der Waals surface area contributed by atoms with E-state index in [1.807, 2.05) is 0 Å². The molecule has 0 aliphatic heterocycles. The van der Waals surface area contributed by atoms with Gasteiger partial charge < -0.3 is 33.8 Å². The number of hydrogen-bond acceptors (Lipinski definition) is 15. The van der Waals surface area contributed by atoms with Gasteiger partial charge in [0, 0.05) is 25.7 Å². The first-order valence-electron chi connectivity index (χ1n) is 32.5. The summed E-state index contributed by atoms with van der Waals surface area (Å²) >= 11 is 0. The Morgan fingerprint density at radius 2 is 0.630 bits per heavy atom. The summed E-state index contributed by atoms with van der Waals surface area (Å²) in [6.45, 7) is 9.35. The van der Waals surface area contributed by atoms with Crippen LogP contribution in [-0.2, 0) is 65.4 Å². The van der Waals surface area contributed by atoms with Crippen LogP contribution in [0, 0.1) is 11.8 Å². The van der Waals surface area contributed by atoms with Gasteiger partial charge in [-0.2, -0.15) is 0 Å². The molecule has 0 saturated heterocycles. The van der Waals surface area contributed by atoms with Gasteiger partial charge in [0.15, 0.2) is 12.2 Å². The Balaban J connectivity index is 5.24. The molecule has 0 rings (SSSR count). The fraction of sp³-hybridized carbons (Fsp3) is 0.935. The van der Waals surface area contributed by atoms with Gasteiger partial charge >= 0.3 is 39.5 Å². The molecule has 0 aromatic heterocycles. The smallest absolute Gasteiger partial charge is 0.462 e. The van der Waals surface area contributed by atoms with E-state index in [2.05, 4.69) is 41.5 Å². The zero-order valence-corrected chi connectivity index (χ0v) is 53.9. The van der Waals surface area contributed by atoms with Crippen molar-refractivity contribution in [3.05, 3.63) is 0 Å². The topological polar surface area (TPSA) is 237 Å². The average molecular weight is 1200 g/mol. The Morgan fingerprint density at radius 3 is 0.938 bits per heavy atom. The molecule has 0 radical (unpaired) electrons. The molecular formula is C62H120O17P2. The number of unbranched alkanes of at least 4 members (excludes halogenated alkanes) is 30. The number of carbonyl (C=O) groups is 4. The molecule has 0 heterocycles. The Hall–Kier alpha value is -1.94. The highest BCUT2D eigenvalue weighted by Crippen LogP contribution is 2.45. The van der Waals surface area contributed by atoms with Gasteiger partial charge in [0.1, 0.15) is 19.3 Å². The summed E-state index contributed by atoms with van der Waals surface area (Å²) in [6, 6.07) is 0. The Labute approximate surface area is 492 Å². The van der Waals surface area contributed by atoms with Crippen molar-refractivity contribution in [2.75, 3.05) is 39.6 Å². The van der Waals surface area contributed by atoms with Crippen LogP contribution in [0.3, 0.4) is 0 Å². The van der Waals surface area contributed by atoms with Crippen LogP contribution in [0.1, 0.15) is 305 Å². The normalized spacial score (nSPS) is 14.7. The zero-order chi connectivity index (χ0) is 60.1. The van der Waals surface area contributed by atoms with Gasteiger partial charge in [-0.25, -0.2) is 9.13 Å². The molecule has 0 aromatic carbocycles. The van der Waals surface area contributed by atoms with Crippen molar-refractivity contribution in [1.29, 1.82) is 0 Å². The SMILES string of the molecule is CCCCCCCCCCCCCCC(=O)O[C@H](COC(=O)CCCCCCCCC(C)CC)COP(=O)(O)OC[C@@H](O)COP(=O)(O)OC[C@@H](COC(=O)CCCCCCCCC(C)C)OC(=O)CCCCCCCCCCCC. The minimum absolute atomic E-state index is 0.105. The summed E-state index contributed by atoms with van der Waals surface area (Å²) in [5.74, 6) is -0.727. The van der Waals surface area contributed by atoms with Crippen molar-refractivity contribution < 1.29 is 80.2 Å². The van der Waals surface area contributed by atoms with Crippen molar-refractivity contribution in [2.45, 2.75) is 323 Å². The second kappa shape index (κ2) is 54.7. The molecule has 0 aliphatic carbocycles. The first-order valence-corrected chi connectivity index (χ1v) is 35.5. The monoisotopic (exact) mass is 1200 g/mol. The minimum atomic E-state index is -4.94. The number of aliphatic hydroxyl groups excluding tert-OH is 1. The molecule has 0 amide bonds. The van der Waals surface area contributed by atoms with E-state index in [1.165, 1.54) is 109 Å². The van der Waals surface area contributed by atoms with Gasteiger partial charge in [-0.3, -0.25) is 37.3 Å². The molecule has 3 unspecified atom stereocenters. The lowest BCUT2D eigenvalue weighted by Gasteiger charge is -2.21. The predicted molar refractivity (Wildman–Crippen MR) is 321 cm³/mol. The van der Waals surface area contributed by atoms with E-state index >= 15 is 0 Å². The van der Waals surface area contributed by atoms with Crippen LogP contribution in [-0.4, -0.2) is 96.7 Å². The van der Waals surface area contributed by atoms with Gasteiger partial charge in [-0.15, -0.1) is 0 Å². The van der Waals surface area contributed by atoms with Crippen LogP contribution >= 0.6 is 15.6 Å². The van der Waals surface area contributed by atoms with Crippen molar-refractivity contribution >= 4 is 39.5 Å². The highest BCUT2D eigenvalue weighted by atomic mass is 31.2. The van der Waals surface area contributed by atoms with Gasteiger partial charge in [0.2, 0.25) is 0 Å². The number of ether oxygens (including phenoxy) is 4. The number of carbonyl (C=O) groups excluding carboxylic acids is 4. The van der Waals surface area contributed by atoms with Crippen LogP contribution in [0.2, 0.25) is 0 Å². The second-order valence-corrected chi connectivity index (χ2v) is 26.1. The molecule has 3 N–H and O–H groups in total. The summed E-state index contributed by atoms with van der Waals surface area (Å²) in [5, 5.41) is 10.5. The third-order valence-electron chi connectivity index (χ3n) is 14.6. The van der Waals surface area contributed by atoms with Gasteiger partial charge in [-0.05, 0) is 37.5 Å². The zero-order valence-electron chi connectivity index (χ0n) is 52.1. The van der Waals surface area contributed by atoms with E-state index in [-0.39, 0.29) is 25.7 Å². The maximum absolute atomic E-state index is 12.9. The Morgan fingerprint density at radius 1 is 0.358 bits per heavy atom. The number of aliphatic hydroxyl groups is 1. The van der Waals surface area contributed by atoms with Crippen LogP contribution in [0.15, 0.2) is 0 Å². The molecule has 6 atom stereocenters. The molecule has 0 aromatic rings. The molecule has 0 bridgehead atoms. The summed E-state index contributed by atoms with van der Waals surface area (Å²) in [4.78, 5) is 72.1. The molecule has 0 aliphatic rings. The van der Waals surface area contributed by atoms with E-state index in [1.54, 1.807) is 0 Å². The summed E-state index contributed by atoms with van der Waals surface area (Å²) in [5.41, 5.74) is 0. The fourth-order valence-electron chi connectivity index (χ4n) is 9.15. The molecule has 19 heteroatoms. The lowest BCUT2D eigenvalue weighted by atomic mass is 10.00. The van der Waals surface area contributed by atoms with Crippen molar-refractivity contribution in [3.63, 3.8) is 0 Å². The number of hydrogen-bond donors (Lipinski definition) is 3. The quantitative estimate of drug-likeness (QED) is 0.0222.